The van der Waals surface area contributed by atoms with Gasteiger partial charge in [-0.2, -0.15) is 5.10 Å². The lowest BCUT2D eigenvalue weighted by Crippen LogP contribution is -2.34. The first-order valence-corrected chi connectivity index (χ1v) is 10.3. The monoisotopic (exact) mass is 383 g/mol. The number of nitrogens with zero attached hydrogens (tertiary/aromatic N) is 5. The molecule has 0 radical (unpaired) electrons. The van der Waals surface area contributed by atoms with Gasteiger partial charge in [0.15, 0.2) is 0 Å². The molecule has 2 aliphatic rings. The van der Waals surface area contributed by atoms with Crippen molar-refractivity contribution in [2.75, 3.05) is 33.3 Å². The summed E-state index contributed by atoms with van der Waals surface area (Å²) in [7, 11) is 1.65. The summed E-state index contributed by atoms with van der Waals surface area (Å²) in [4.78, 5) is 21.7. The third-order valence-electron chi connectivity index (χ3n) is 5.78. The Hall–Kier alpha value is -2.41. The number of aromatic nitrogens is 3. The van der Waals surface area contributed by atoms with Crippen LogP contribution in [0.4, 0.5) is 0 Å². The van der Waals surface area contributed by atoms with E-state index in [1.807, 2.05) is 40.8 Å². The number of fused-ring (bicyclic) bond motifs is 1. The smallest absolute Gasteiger partial charge is 0.272 e. The Morgan fingerprint density at radius 2 is 2.11 bits per heavy atom. The molecule has 0 aliphatic carbocycles. The Bertz CT molecular complexity index is 834. The van der Waals surface area contributed by atoms with Crippen molar-refractivity contribution in [3.8, 4) is 5.88 Å². The highest BCUT2D eigenvalue weighted by Crippen LogP contribution is 2.28. The predicted octanol–water partition coefficient (Wildman–Crippen LogP) is 2.53. The summed E-state index contributed by atoms with van der Waals surface area (Å²) in [5, 5.41) is 4.83. The van der Waals surface area contributed by atoms with E-state index in [0.717, 1.165) is 75.6 Å². The van der Waals surface area contributed by atoms with Crippen LogP contribution in [0.2, 0.25) is 0 Å². The summed E-state index contributed by atoms with van der Waals surface area (Å²) >= 11 is 0. The summed E-state index contributed by atoms with van der Waals surface area (Å²) in [6.45, 7) is 7.25. The molecule has 2 aromatic heterocycles. The number of hydrogen-bond acceptors (Lipinski definition) is 5. The minimum absolute atomic E-state index is 0.118. The number of pyridine rings is 1. The first kappa shape index (κ1) is 18.9. The van der Waals surface area contributed by atoms with Crippen molar-refractivity contribution < 1.29 is 9.53 Å². The highest BCUT2D eigenvalue weighted by Gasteiger charge is 2.28. The molecule has 28 heavy (non-hydrogen) atoms. The zero-order valence-corrected chi connectivity index (χ0v) is 16.8. The fourth-order valence-corrected chi connectivity index (χ4v) is 4.28. The van der Waals surface area contributed by atoms with E-state index in [1.165, 1.54) is 0 Å². The molecule has 4 rings (SSSR count). The van der Waals surface area contributed by atoms with Gasteiger partial charge in [0, 0.05) is 44.7 Å². The van der Waals surface area contributed by atoms with Gasteiger partial charge in [-0.15, -0.1) is 0 Å². The van der Waals surface area contributed by atoms with E-state index < -0.39 is 0 Å². The third-order valence-corrected chi connectivity index (χ3v) is 5.78. The van der Waals surface area contributed by atoms with Crippen molar-refractivity contribution in [1.29, 1.82) is 0 Å². The molecule has 0 bridgehead atoms. The van der Waals surface area contributed by atoms with Gasteiger partial charge in [-0.3, -0.25) is 14.4 Å². The molecular weight excluding hydrogens is 354 g/mol. The first-order chi connectivity index (χ1) is 13.7. The molecule has 7 nitrogen and oxygen atoms in total. The quantitative estimate of drug-likeness (QED) is 0.794. The van der Waals surface area contributed by atoms with Gasteiger partial charge in [0.1, 0.15) is 5.69 Å². The maximum atomic E-state index is 12.8. The van der Waals surface area contributed by atoms with E-state index in [4.69, 9.17) is 9.84 Å². The zero-order chi connectivity index (χ0) is 19.5. The van der Waals surface area contributed by atoms with Crippen LogP contribution in [0.3, 0.4) is 0 Å². The molecule has 2 aromatic rings. The lowest BCUT2D eigenvalue weighted by atomic mass is 9.94. The van der Waals surface area contributed by atoms with Crippen LogP contribution >= 0.6 is 0 Å². The minimum Gasteiger partial charge on any atom is -0.481 e. The first-order valence-electron chi connectivity index (χ1n) is 10.3. The number of likely N-dealkylation sites (tertiary alicyclic amines) is 1. The molecular formula is C21H29N5O2. The summed E-state index contributed by atoms with van der Waals surface area (Å²) in [5.74, 6) is 1.14. The second-order valence-electron chi connectivity index (χ2n) is 7.66. The van der Waals surface area contributed by atoms with Gasteiger partial charge >= 0.3 is 0 Å². The molecule has 7 heteroatoms. The lowest BCUT2D eigenvalue weighted by Gasteiger charge is -2.31. The molecule has 0 aromatic carbocycles. The number of amides is 1. The van der Waals surface area contributed by atoms with Gasteiger partial charge in [-0.25, -0.2) is 4.98 Å². The number of rotatable bonds is 5. The number of ether oxygens (including phenoxy) is 1. The average molecular weight is 383 g/mol. The van der Waals surface area contributed by atoms with Crippen molar-refractivity contribution in [3.05, 3.63) is 41.3 Å². The molecule has 2 aliphatic heterocycles. The van der Waals surface area contributed by atoms with Crippen LogP contribution in [0.5, 0.6) is 5.88 Å². The molecule has 4 heterocycles. The Balaban J connectivity index is 1.48. The van der Waals surface area contributed by atoms with Gasteiger partial charge in [-0.1, -0.05) is 6.07 Å². The zero-order valence-electron chi connectivity index (χ0n) is 16.8. The van der Waals surface area contributed by atoms with Crippen LogP contribution in [0.25, 0.3) is 0 Å². The fourth-order valence-electron chi connectivity index (χ4n) is 4.28. The van der Waals surface area contributed by atoms with Crippen LogP contribution in [0.15, 0.2) is 24.3 Å². The van der Waals surface area contributed by atoms with E-state index in [2.05, 4.69) is 9.88 Å². The molecule has 1 amide bonds. The number of carbonyl (C=O) groups excluding carboxylic acids is 1. The van der Waals surface area contributed by atoms with Crippen LogP contribution in [-0.2, 0) is 13.1 Å². The van der Waals surface area contributed by atoms with Gasteiger partial charge in [-0.05, 0) is 44.9 Å². The molecule has 0 unspecified atom stereocenters. The van der Waals surface area contributed by atoms with Crippen molar-refractivity contribution in [2.24, 2.45) is 0 Å². The number of hydrogen-bond donors (Lipinski definition) is 0. The van der Waals surface area contributed by atoms with E-state index in [1.54, 1.807) is 7.11 Å². The van der Waals surface area contributed by atoms with Crippen LogP contribution < -0.4 is 4.74 Å². The molecule has 150 valence electrons. The Kier molecular flexibility index (Phi) is 5.62. The Morgan fingerprint density at radius 3 is 2.93 bits per heavy atom. The SMILES string of the molecule is CCN1CCCn2nc([C@H]3CCCN(Cc4cccc(OC)n4)C3)cc2C1=O. The van der Waals surface area contributed by atoms with Crippen molar-refractivity contribution in [1.82, 2.24) is 24.6 Å². The summed E-state index contributed by atoms with van der Waals surface area (Å²) in [6.07, 6.45) is 3.21. The van der Waals surface area contributed by atoms with Crippen LogP contribution in [0.1, 0.15) is 54.0 Å². The van der Waals surface area contributed by atoms with E-state index in [0.29, 0.717) is 11.8 Å². The summed E-state index contributed by atoms with van der Waals surface area (Å²) < 4.78 is 7.17. The van der Waals surface area contributed by atoms with Crippen molar-refractivity contribution in [2.45, 2.75) is 45.2 Å². The van der Waals surface area contributed by atoms with Crippen LogP contribution in [-0.4, -0.2) is 63.8 Å². The van der Waals surface area contributed by atoms with Crippen LogP contribution in [0, 0.1) is 0 Å². The van der Waals surface area contributed by atoms with Gasteiger partial charge in [0.05, 0.1) is 18.5 Å². The van der Waals surface area contributed by atoms with Crippen molar-refractivity contribution in [3.63, 3.8) is 0 Å². The van der Waals surface area contributed by atoms with Crippen molar-refractivity contribution >= 4 is 5.91 Å². The van der Waals surface area contributed by atoms with Gasteiger partial charge in [0.2, 0.25) is 5.88 Å². The number of piperidine rings is 1. The lowest BCUT2D eigenvalue weighted by molar-refractivity contribution is 0.0766. The maximum Gasteiger partial charge on any atom is 0.272 e. The topological polar surface area (TPSA) is 63.5 Å². The third kappa shape index (κ3) is 3.90. The number of aryl methyl sites for hydroxylation is 1. The normalized spacial score (nSPS) is 20.7. The Morgan fingerprint density at radius 1 is 1.21 bits per heavy atom. The molecule has 1 fully saturated rings. The molecule has 0 saturated carbocycles. The predicted molar refractivity (Wildman–Crippen MR) is 106 cm³/mol. The highest BCUT2D eigenvalue weighted by molar-refractivity contribution is 5.93. The van der Waals surface area contributed by atoms with E-state index in [9.17, 15) is 4.79 Å². The molecule has 0 spiro atoms. The maximum absolute atomic E-state index is 12.8. The summed E-state index contributed by atoms with van der Waals surface area (Å²) in [5.41, 5.74) is 2.83. The average Bonchev–Trinajstić information content (AvgIpc) is 3.09. The molecule has 0 N–H and O–H groups in total. The van der Waals surface area contributed by atoms with E-state index in [-0.39, 0.29) is 5.91 Å². The molecule has 1 saturated heterocycles. The summed E-state index contributed by atoms with van der Waals surface area (Å²) in [6, 6.07) is 7.94. The fraction of sp³-hybridized carbons (Fsp3) is 0.571. The standard InChI is InChI=1S/C21H29N5O2/c1-3-25-11-6-12-26-19(21(25)27)13-18(23-26)16-7-5-10-24(14-16)15-17-8-4-9-20(22-17)28-2/h4,8-9,13,16H,3,5-7,10-12,14-15H2,1-2H3/t16-/m0/s1. The number of methoxy groups -OCH3 is 1. The Labute approximate surface area is 166 Å². The minimum atomic E-state index is 0.118. The largest absolute Gasteiger partial charge is 0.481 e. The van der Waals surface area contributed by atoms with E-state index >= 15 is 0 Å². The second kappa shape index (κ2) is 8.31. The highest BCUT2D eigenvalue weighted by atomic mass is 16.5. The number of carbonyl (C=O) groups is 1. The second-order valence-corrected chi connectivity index (χ2v) is 7.66. The van der Waals surface area contributed by atoms with Gasteiger partial charge in [0.25, 0.3) is 5.91 Å². The van der Waals surface area contributed by atoms with Gasteiger partial charge < -0.3 is 9.64 Å². The molecule has 1 atom stereocenters.